The van der Waals surface area contributed by atoms with Crippen molar-refractivity contribution in [2.75, 3.05) is 0 Å². The number of rotatable bonds is 3. The first-order chi connectivity index (χ1) is 7.09. The zero-order valence-corrected chi connectivity index (χ0v) is 8.97. The van der Waals surface area contributed by atoms with Crippen molar-refractivity contribution in [2.45, 2.75) is 18.9 Å². The second-order valence-corrected chi connectivity index (χ2v) is 4.71. The standard InChI is InChI=1S/C9H12NO4P/c10-9(11)7-5-1-3-6(4-2-5)8(7)14-15(12)13/h1,3,5-8H,2,4H2,(H2-,10,11,12,13)/p+1. The Kier molecular flexibility index (Phi) is 2.87. The maximum atomic E-state index is 11.3. The van der Waals surface area contributed by atoms with Gasteiger partial charge in [0.25, 0.3) is 0 Å². The first-order valence-corrected chi connectivity index (χ1v) is 6.03. The second kappa shape index (κ2) is 4.00. The number of allylic oxidation sites excluding steroid dienone is 1. The molecular weight excluding hydrogens is 217 g/mol. The van der Waals surface area contributed by atoms with Crippen LogP contribution in [0.4, 0.5) is 0 Å². The van der Waals surface area contributed by atoms with Crippen LogP contribution in [0.15, 0.2) is 12.2 Å². The molecule has 2 bridgehead atoms. The van der Waals surface area contributed by atoms with E-state index in [0.29, 0.717) is 0 Å². The molecule has 0 aromatic carbocycles. The Labute approximate surface area is 88.2 Å². The van der Waals surface area contributed by atoms with Gasteiger partial charge in [-0.15, -0.1) is 9.42 Å². The summed E-state index contributed by atoms with van der Waals surface area (Å²) >= 11 is 0. The predicted molar refractivity (Wildman–Crippen MR) is 52.7 cm³/mol. The molecule has 15 heavy (non-hydrogen) atoms. The second-order valence-electron chi connectivity index (χ2n) is 4.03. The lowest BCUT2D eigenvalue weighted by Crippen LogP contribution is -2.48. The molecule has 82 valence electrons. The van der Waals surface area contributed by atoms with Gasteiger partial charge in [0, 0.05) is 10.5 Å². The van der Waals surface area contributed by atoms with Crippen molar-refractivity contribution in [2.24, 2.45) is 23.5 Å². The molecule has 1 saturated carbocycles. The Balaban J connectivity index is 2.22. The lowest BCUT2D eigenvalue weighted by atomic mass is 9.67. The minimum absolute atomic E-state index is 0.0404. The Morgan fingerprint density at radius 2 is 2.00 bits per heavy atom. The molecule has 0 aliphatic heterocycles. The van der Waals surface area contributed by atoms with Crippen molar-refractivity contribution in [1.82, 2.24) is 0 Å². The molecule has 0 aromatic rings. The summed E-state index contributed by atoms with van der Waals surface area (Å²) in [7, 11) is -2.68. The summed E-state index contributed by atoms with van der Waals surface area (Å²) in [5.41, 5.74) is 5.29. The molecule has 5 unspecified atom stereocenters. The van der Waals surface area contributed by atoms with Crippen LogP contribution in [0.5, 0.6) is 0 Å². The van der Waals surface area contributed by atoms with E-state index in [2.05, 4.69) is 0 Å². The molecule has 0 spiro atoms. The van der Waals surface area contributed by atoms with Crippen LogP contribution in [0.2, 0.25) is 0 Å². The van der Waals surface area contributed by atoms with E-state index in [1.807, 2.05) is 12.2 Å². The molecule has 0 saturated heterocycles. The third-order valence-corrected chi connectivity index (χ3v) is 3.64. The Morgan fingerprint density at radius 1 is 1.40 bits per heavy atom. The van der Waals surface area contributed by atoms with Gasteiger partial charge in [0.1, 0.15) is 6.10 Å². The first-order valence-electron chi connectivity index (χ1n) is 4.90. The number of hydrogen-bond acceptors (Lipinski definition) is 3. The average molecular weight is 230 g/mol. The number of hydrogen-bond donors (Lipinski definition) is 2. The summed E-state index contributed by atoms with van der Waals surface area (Å²) in [4.78, 5) is 20.0. The Morgan fingerprint density at radius 3 is 2.47 bits per heavy atom. The summed E-state index contributed by atoms with van der Waals surface area (Å²) in [5.74, 6) is -0.804. The Hall–Kier alpha value is -0.770. The van der Waals surface area contributed by atoms with Crippen molar-refractivity contribution in [1.29, 1.82) is 0 Å². The van der Waals surface area contributed by atoms with E-state index in [1.54, 1.807) is 0 Å². The van der Waals surface area contributed by atoms with Crippen LogP contribution in [-0.4, -0.2) is 16.9 Å². The molecule has 5 nitrogen and oxygen atoms in total. The number of carbonyl (C=O) groups is 1. The summed E-state index contributed by atoms with van der Waals surface area (Å²) in [6.07, 6.45) is 5.18. The molecule has 0 aromatic heterocycles. The molecule has 1 fully saturated rings. The van der Waals surface area contributed by atoms with Crippen LogP contribution < -0.4 is 5.73 Å². The van der Waals surface area contributed by atoms with Gasteiger partial charge < -0.3 is 5.73 Å². The summed E-state index contributed by atoms with van der Waals surface area (Å²) in [6, 6.07) is 0. The first kappa shape index (κ1) is 10.7. The number of fused-ring (bicyclic) bond motifs is 2. The minimum Gasteiger partial charge on any atom is -0.369 e. The quantitative estimate of drug-likeness (QED) is 0.552. The van der Waals surface area contributed by atoms with Gasteiger partial charge in [-0.05, 0) is 18.8 Å². The summed E-state index contributed by atoms with van der Waals surface area (Å²) < 4.78 is 15.6. The highest BCUT2D eigenvalue weighted by Crippen LogP contribution is 2.44. The van der Waals surface area contributed by atoms with Gasteiger partial charge in [-0.2, -0.15) is 0 Å². The molecule has 3 aliphatic carbocycles. The van der Waals surface area contributed by atoms with Crippen LogP contribution >= 0.6 is 8.25 Å². The van der Waals surface area contributed by atoms with Gasteiger partial charge in [0.05, 0.1) is 5.92 Å². The summed E-state index contributed by atoms with van der Waals surface area (Å²) in [5, 5.41) is 0. The molecule has 0 heterocycles. The molecule has 3 rings (SSSR count). The number of primary amides is 1. The number of carbonyl (C=O) groups excluding carboxylic acids is 1. The normalized spacial score (nSPS) is 39.1. The zero-order valence-electron chi connectivity index (χ0n) is 8.07. The predicted octanol–water partition coefficient (Wildman–Crippen LogP) is 0.719. The van der Waals surface area contributed by atoms with E-state index >= 15 is 0 Å². The molecule has 5 atom stereocenters. The fraction of sp³-hybridized carbons (Fsp3) is 0.667. The van der Waals surface area contributed by atoms with Crippen LogP contribution in [0.1, 0.15) is 12.8 Å². The van der Waals surface area contributed by atoms with Gasteiger partial charge >= 0.3 is 8.25 Å². The van der Waals surface area contributed by atoms with E-state index in [4.69, 9.17) is 15.2 Å². The van der Waals surface area contributed by atoms with Crippen molar-refractivity contribution >= 4 is 14.2 Å². The zero-order chi connectivity index (χ0) is 11.0. The third-order valence-electron chi connectivity index (χ3n) is 3.22. The van der Waals surface area contributed by atoms with Crippen molar-refractivity contribution in [3.63, 3.8) is 0 Å². The molecule has 3 aliphatic rings. The molecule has 1 amide bonds. The highest BCUT2D eigenvalue weighted by Gasteiger charge is 2.48. The van der Waals surface area contributed by atoms with E-state index < -0.39 is 26.2 Å². The molecule has 6 heteroatoms. The van der Waals surface area contributed by atoms with Gasteiger partial charge in [0.2, 0.25) is 5.91 Å². The van der Waals surface area contributed by atoms with Gasteiger partial charge in [-0.25, -0.2) is 0 Å². The lowest BCUT2D eigenvalue weighted by molar-refractivity contribution is -0.129. The largest absolute Gasteiger partial charge is 0.695 e. The monoisotopic (exact) mass is 230 g/mol. The van der Waals surface area contributed by atoms with Crippen LogP contribution in [-0.2, 0) is 13.9 Å². The SMILES string of the molecule is NC(=O)C1C2C=CC(CC2)C1O[P+](=O)O. The van der Waals surface area contributed by atoms with Crippen LogP contribution in [0, 0.1) is 17.8 Å². The Bertz CT molecular complexity index is 330. The van der Waals surface area contributed by atoms with Gasteiger partial charge in [-0.1, -0.05) is 12.2 Å². The lowest BCUT2D eigenvalue weighted by Gasteiger charge is -2.39. The van der Waals surface area contributed by atoms with Gasteiger partial charge in [-0.3, -0.25) is 4.79 Å². The molecule has 3 N–H and O–H groups in total. The maximum Gasteiger partial charge on any atom is 0.695 e. The van der Waals surface area contributed by atoms with Crippen molar-refractivity contribution < 1.29 is 18.8 Å². The summed E-state index contributed by atoms with van der Waals surface area (Å²) in [6.45, 7) is 0. The van der Waals surface area contributed by atoms with Crippen LogP contribution in [0.25, 0.3) is 0 Å². The van der Waals surface area contributed by atoms with Crippen molar-refractivity contribution in [3.8, 4) is 0 Å². The fourth-order valence-corrected chi connectivity index (χ4v) is 3.06. The fourth-order valence-electron chi connectivity index (χ4n) is 2.57. The van der Waals surface area contributed by atoms with Crippen LogP contribution in [0.3, 0.4) is 0 Å². The third kappa shape index (κ3) is 1.95. The maximum absolute atomic E-state index is 11.3. The highest BCUT2D eigenvalue weighted by atomic mass is 31.1. The minimum atomic E-state index is -2.68. The van der Waals surface area contributed by atoms with Gasteiger partial charge in [0.15, 0.2) is 0 Å². The topological polar surface area (TPSA) is 89.6 Å². The molecular formula is C9H13NO4P+. The average Bonchev–Trinajstić information content (AvgIpc) is 2.17. The van der Waals surface area contributed by atoms with E-state index in [0.717, 1.165) is 12.8 Å². The highest BCUT2D eigenvalue weighted by molar-refractivity contribution is 7.32. The van der Waals surface area contributed by atoms with E-state index in [9.17, 15) is 9.36 Å². The van der Waals surface area contributed by atoms with Crippen molar-refractivity contribution in [3.05, 3.63) is 12.2 Å². The molecule has 0 radical (unpaired) electrons. The number of nitrogens with two attached hydrogens (primary N) is 1. The van der Waals surface area contributed by atoms with E-state index in [1.165, 1.54) is 0 Å². The smallest absolute Gasteiger partial charge is 0.369 e. The van der Waals surface area contributed by atoms with E-state index in [-0.39, 0.29) is 11.8 Å². The number of amides is 1.